The number of benzene rings is 2. The van der Waals surface area contributed by atoms with Crippen LogP contribution in [0.2, 0.25) is 0 Å². The van der Waals surface area contributed by atoms with Crippen molar-refractivity contribution in [2.24, 2.45) is 5.73 Å². The quantitative estimate of drug-likeness (QED) is 0.802. The number of hydrogen-bond donors (Lipinski definition) is 1. The van der Waals surface area contributed by atoms with Gasteiger partial charge in [-0.25, -0.2) is 0 Å². The van der Waals surface area contributed by atoms with Gasteiger partial charge in [0.05, 0.1) is 6.04 Å². The van der Waals surface area contributed by atoms with E-state index in [-0.39, 0.29) is 11.9 Å². The van der Waals surface area contributed by atoms with E-state index in [9.17, 15) is 4.79 Å². The van der Waals surface area contributed by atoms with Gasteiger partial charge in [0.2, 0.25) is 0 Å². The van der Waals surface area contributed by atoms with Crippen molar-refractivity contribution in [2.45, 2.75) is 18.9 Å². The number of carbonyl (C=O) groups excluding carboxylic acids is 1. The van der Waals surface area contributed by atoms with Gasteiger partial charge in [0.25, 0.3) is 5.91 Å². The molecule has 1 fully saturated rings. The third-order valence-corrected chi connectivity index (χ3v) is 4.88. The van der Waals surface area contributed by atoms with Gasteiger partial charge < -0.3 is 15.2 Å². The summed E-state index contributed by atoms with van der Waals surface area (Å²) in [5, 5.41) is 1.07. The third kappa shape index (κ3) is 2.54. The lowest BCUT2D eigenvalue weighted by Gasteiger charge is -2.36. The number of anilines is 1. The van der Waals surface area contributed by atoms with Crippen LogP contribution in [0, 0.1) is 0 Å². The first-order valence-electron chi connectivity index (χ1n) is 8.44. The summed E-state index contributed by atoms with van der Waals surface area (Å²) in [5.74, 6) is -0.358. The fourth-order valence-electron chi connectivity index (χ4n) is 3.80. The predicted octanol–water partition coefficient (Wildman–Crippen LogP) is 3.58. The molecule has 122 valence electrons. The van der Waals surface area contributed by atoms with Gasteiger partial charge in [0.1, 0.15) is 5.69 Å². The van der Waals surface area contributed by atoms with Crippen LogP contribution in [-0.2, 0) is 0 Å². The van der Waals surface area contributed by atoms with Crippen molar-refractivity contribution in [3.8, 4) is 0 Å². The first-order valence-corrected chi connectivity index (χ1v) is 8.44. The molecule has 0 bridgehead atoms. The third-order valence-electron chi connectivity index (χ3n) is 4.88. The van der Waals surface area contributed by atoms with Gasteiger partial charge in [-0.1, -0.05) is 36.4 Å². The Balaban J connectivity index is 1.74. The Morgan fingerprint density at radius 1 is 1.04 bits per heavy atom. The van der Waals surface area contributed by atoms with E-state index in [2.05, 4.69) is 39.8 Å². The lowest BCUT2D eigenvalue weighted by Crippen LogP contribution is -2.37. The summed E-state index contributed by atoms with van der Waals surface area (Å²) in [6, 6.07) is 20.7. The van der Waals surface area contributed by atoms with Crippen molar-refractivity contribution in [3.05, 3.63) is 66.4 Å². The van der Waals surface area contributed by atoms with Gasteiger partial charge in [0, 0.05) is 29.7 Å². The summed E-state index contributed by atoms with van der Waals surface area (Å²) < 4.78 is 2.15. The predicted molar refractivity (Wildman–Crippen MR) is 97.4 cm³/mol. The fraction of sp³-hybridized carbons (Fsp3) is 0.250. The highest BCUT2D eigenvalue weighted by Gasteiger charge is 2.25. The van der Waals surface area contributed by atoms with Gasteiger partial charge >= 0.3 is 0 Å². The number of carbonyl (C=O) groups is 1. The molecule has 2 heterocycles. The van der Waals surface area contributed by atoms with Crippen LogP contribution in [0.5, 0.6) is 0 Å². The molecule has 1 aromatic heterocycles. The van der Waals surface area contributed by atoms with Crippen LogP contribution in [0.25, 0.3) is 10.9 Å². The number of primary amides is 1. The number of fused-ring (bicyclic) bond motifs is 1. The van der Waals surface area contributed by atoms with Crippen LogP contribution < -0.4 is 10.6 Å². The summed E-state index contributed by atoms with van der Waals surface area (Å²) in [7, 11) is 0. The van der Waals surface area contributed by atoms with E-state index in [1.54, 1.807) is 0 Å². The molecule has 4 nitrogen and oxygen atoms in total. The molecule has 0 saturated carbocycles. The normalized spacial score (nSPS) is 18.0. The van der Waals surface area contributed by atoms with Crippen molar-refractivity contribution in [3.63, 3.8) is 0 Å². The van der Waals surface area contributed by atoms with Crippen LogP contribution in [0.1, 0.15) is 29.4 Å². The van der Waals surface area contributed by atoms with E-state index in [0.29, 0.717) is 5.69 Å². The lowest BCUT2D eigenvalue weighted by molar-refractivity contribution is 0.0989. The number of piperidine rings is 1. The Labute approximate surface area is 141 Å². The van der Waals surface area contributed by atoms with Crippen molar-refractivity contribution in [1.82, 2.24) is 4.57 Å². The van der Waals surface area contributed by atoms with E-state index in [4.69, 9.17) is 5.73 Å². The molecule has 0 spiro atoms. The molecule has 24 heavy (non-hydrogen) atoms. The van der Waals surface area contributed by atoms with E-state index < -0.39 is 0 Å². The van der Waals surface area contributed by atoms with E-state index in [0.717, 1.165) is 36.8 Å². The largest absolute Gasteiger partial charge is 0.369 e. The first-order chi connectivity index (χ1) is 11.7. The highest BCUT2D eigenvalue weighted by molar-refractivity contribution is 5.98. The molecule has 0 aliphatic carbocycles. The molecule has 4 heteroatoms. The number of nitrogens with two attached hydrogens (primary N) is 1. The summed E-state index contributed by atoms with van der Waals surface area (Å²) >= 11 is 0. The Bertz CT molecular complexity index is 869. The summed E-state index contributed by atoms with van der Waals surface area (Å²) in [4.78, 5) is 14.4. The SMILES string of the molecule is NC(=O)c1cc2ccccc2n1[C@H]1CCCN(c2ccccc2)C1. The van der Waals surface area contributed by atoms with Crippen LogP contribution in [0.15, 0.2) is 60.7 Å². The molecular formula is C20H21N3O. The fourth-order valence-corrected chi connectivity index (χ4v) is 3.80. The number of hydrogen-bond acceptors (Lipinski definition) is 2. The minimum absolute atomic E-state index is 0.251. The Kier molecular flexibility index (Phi) is 3.73. The summed E-state index contributed by atoms with van der Waals surface area (Å²) in [5.41, 5.74) is 8.59. The second-order valence-electron chi connectivity index (χ2n) is 6.40. The molecule has 2 N–H and O–H groups in total. The van der Waals surface area contributed by atoms with Gasteiger partial charge in [-0.05, 0) is 37.1 Å². The van der Waals surface area contributed by atoms with Gasteiger partial charge in [0.15, 0.2) is 0 Å². The molecule has 1 aliphatic rings. The average Bonchev–Trinajstić information content (AvgIpc) is 3.02. The molecule has 4 rings (SSSR count). The van der Waals surface area contributed by atoms with Gasteiger partial charge in [-0.15, -0.1) is 0 Å². The van der Waals surface area contributed by atoms with E-state index >= 15 is 0 Å². The molecule has 0 radical (unpaired) electrons. The van der Waals surface area contributed by atoms with Crippen LogP contribution in [0.4, 0.5) is 5.69 Å². The van der Waals surface area contributed by atoms with Crippen LogP contribution >= 0.6 is 0 Å². The minimum Gasteiger partial charge on any atom is -0.369 e. The minimum atomic E-state index is -0.358. The van der Waals surface area contributed by atoms with Crippen molar-refractivity contribution < 1.29 is 4.79 Å². The molecule has 1 amide bonds. The first kappa shape index (κ1) is 14.8. The average molecular weight is 319 g/mol. The molecule has 3 aromatic rings. The lowest BCUT2D eigenvalue weighted by atomic mass is 10.0. The summed E-state index contributed by atoms with van der Waals surface area (Å²) in [6.07, 6.45) is 2.16. The standard InChI is InChI=1S/C20H21N3O/c21-20(24)19-13-15-7-4-5-11-18(15)23(19)17-10-6-12-22(14-17)16-8-2-1-3-9-16/h1-5,7-9,11,13,17H,6,10,12,14H2,(H2,21,24)/t17-/m0/s1. The Morgan fingerprint density at radius 2 is 1.79 bits per heavy atom. The van der Waals surface area contributed by atoms with Crippen molar-refractivity contribution in [1.29, 1.82) is 0 Å². The monoisotopic (exact) mass is 319 g/mol. The van der Waals surface area contributed by atoms with E-state index in [1.807, 2.05) is 30.3 Å². The van der Waals surface area contributed by atoms with Gasteiger partial charge in [-0.3, -0.25) is 4.79 Å². The second kappa shape index (κ2) is 6.04. The smallest absolute Gasteiger partial charge is 0.265 e. The Hall–Kier alpha value is -2.75. The maximum atomic E-state index is 12.0. The maximum absolute atomic E-state index is 12.0. The number of para-hydroxylation sites is 2. The molecule has 1 saturated heterocycles. The molecule has 0 unspecified atom stereocenters. The number of aromatic nitrogens is 1. The zero-order valence-corrected chi connectivity index (χ0v) is 13.6. The highest BCUT2D eigenvalue weighted by atomic mass is 16.1. The van der Waals surface area contributed by atoms with Crippen LogP contribution in [0.3, 0.4) is 0 Å². The topological polar surface area (TPSA) is 51.3 Å². The number of nitrogens with zero attached hydrogens (tertiary/aromatic N) is 2. The highest BCUT2D eigenvalue weighted by Crippen LogP contribution is 2.31. The molecule has 1 atom stereocenters. The molecule has 1 aliphatic heterocycles. The zero-order chi connectivity index (χ0) is 16.5. The van der Waals surface area contributed by atoms with Crippen molar-refractivity contribution >= 4 is 22.5 Å². The molecular weight excluding hydrogens is 298 g/mol. The second-order valence-corrected chi connectivity index (χ2v) is 6.40. The summed E-state index contributed by atoms with van der Waals surface area (Å²) in [6.45, 7) is 1.94. The zero-order valence-electron chi connectivity index (χ0n) is 13.6. The molecule has 2 aromatic carbocycles. The van der Waals surface area contributed by atoms with Crippen LogP contribution in [-0.4, -0.2) is 23.6 Å². The van der Waals surface area contributed by atoms with E-state index in [1.165, 1.54) is 5.69 Å². The number of rotatable bonds is 3. The number of amides is 1. The maximum Gasteiger partial charge on any atom is 0.265 e. The van der Waals surface area contributed by atoms with Crippen molar-refractivity contribution in [2.75, 3.05) is 18.0 Å². The van der Waals surface area contributed by atoms with Gasteiger partial charge in [-0.2, -0.15) is 0 Å². The Morgan fingerprint density at radius 3 is 2.58 bits per heavy atom.